The highest BCUT2D eigenvalue weighted by Crippen LogP contribution is 2.28. The minimum atomic E-state index is -0.457. The second-order valence-corrected chi connectivity index (χ2v) is 5.75. The van der Waals surface area contributed by atoms with Crippen LogP contribution in [0.15, 0.2) is 39.1 Å². The third-order valence-electron chi connectivity index (χ3n) is 3.69. The van der Waals surface area contributed by atoms with Crippen molar-refractivity contribution < 1.29 is 0 Å². The molecule has 0 unspecified atom stereocenters. The van der Waals surface area contributed by atoms with E-state index >= 15 is 0 Å². The molecule has 8 heteroatoms. The van der Waals surface area contributed by atoms with Gasteiger partial charge in [-0.05, 0) is 40.5 Å². The highest BCUT2D eigenvalue weighted by molar-refractivity contribution is 5.43. The van der Waals surface area contributed by atoms with Crippen LogP contribution in [0.2, 0.25) is 0 Å². The van der Waals surface area contributed by atoms with Gasteiger partial charge in [-0.25, -0.2) is 9.97 Å². The van der Waals surface area contributed by atoms with Crippen molar-refractivity contribution in [3.8, 4) is 0 Å². The first-order valence-corrected chi connectivity index (χ1v) is 7.41. The Bertz CT molecular complexity index is 769. The number of aryl methyl sites for hydroxylation is 1. The SMILES string of the molecule is Cc1ncc(Cc2cc(C3N=NN=N3)ncc2C(C)C)c(N)n1. The fraction of sp³-hybridized carbons (Fsp3) is 0.400. The van der Waals surface area contributed by atoms with Gasteiger partial charge in [0.1, 0.15) is 11.6 Å². The lowest BCUT2D eigenvalue weighted by Gasteiger charge is -2.15. The minimum absolute atomic E-state index is 0.339. The topological polar surface area (TPSA) is 114 Å². The Morgan fingerprint density at radius 1 is 1.09 bits per heavy atom. The van der Waals surface area contributed by atoms with Crippen LogP contribution in [-0.4, -0.2) is 15.0 Å². The molecule has 0 atom stereocenters. The van der Waals surface area contributed by atoms with Gasteiger partial charge in [-0.15, -0.1) is 10.2 Å². The number of pyridine rings is 1. The highest BCUT2D eigenvalue weighted by Gasteiger charge is 2.18. The van der Waals surface area contributed by atoms with E-state index in [4.69, 9.17) is 5.73 Å². The Labute approximate surface area is 134 Å². The fourth-order valence-corrected chi connectivity index (χ4v) is 2.48. The largest absolute Gasteiger partial charge is 0.383 e. The lowest BCUT2D eigenvalue weighted by Crippen LogP contribution is -2.06. The van der Waals surface area contributed by atoms with Crippen molar-refractivity contribution in [3.05, 3.63) is 46.7 Å². The summed E-state index contributed by atoms with van der Waals surface area (Å²) >= 11 is 0. The molecule has 1 aliphatic rings. The van der Waals surface area contributed by atoms with Gasteiger partial charge in [0.15, 0.2) is 0 Å². The zero-order chi connectivity index (χ0) is 16.4. The molecule has 118 valence electrons. The molecule has 2 N–H and O–H groups in total. The molecular weight excluding hydrogens is 292 g/mol. The van der Waals surface area contributed by atoms with Gasteiger partial charge in [0.25, 0.3) is 0 Å². The maximum Gasteiger partial charge on any atom is 0.227 e. The van der Waals surface area contributed by atoms with E-state index in [-0.39, 0.29) is 0 Å². The van der Waals surface area contributed by atoms with Crippen molar-refractivity contribution in [1.29, 1.82) is 0 Å². The molecule has 0 spiro atoms. The van der Waals surface area contributed by atoms with E-state index in [2.05, 4.69) is 49.5 Å². The van der Waals surface area contributed by atoms with E-state index in [9.17, 15) is 0 Å². The van der Waals surface area contributed by atoms with E-state index in [0.29, 0.717) is 24.0 Å². The summed E-state index contributed by atoms with van der Waals surface area (Å²) < 4.78 is 0. The van der Waals surface area contributed by atoms with Crippen LogP contribution >= 0.6 is 0 Å². The normalized spacial score (nSPS) is 14.1. The molecule has 0 aromatic carbocycles. The van der Waals surface area contributed by atoms with Gasteiger partial charge in [0, 0.05) is 24.4 Å². The minimum Gasteiger partial charge on any atom is -0.383 e. The van der Waals surface area contributed by atoms with Gasteiger partial charge in [-0.1, -0.05) is 13.8 Å². The molecule has 0 amide bonds. The molecule has 3 rings (SSSR count). The molecular formula is C15H18N8. The Balaban J connectivity index is 1.99. The zero-order valence-electron chi connectivity index (χ0n) is 13.3. The number of hydrogen-bond acceptors (Lipinski definition) is 8. The van der Waals surface area contributed by atoms with Crippen LogP contribution in [0.1, 0.15) is 54.1 Å². The van der Waals surface area contributed by atoms with Gasteiger partial charge in [-0.3, -0.25) is 4.98 Å². The second-order valence-electron chi connectivity index (χ2n) is 5.75. The number of rotatable bonds is 4. The predicted octanol–water partition coefficient (Wildman–Crippen LogP) is 3.31. The summed E-state index contributed by atoms with van der Waals surface area (Å²) in [6, 6.07) is 1.99. The van der Waals surface area contributed by atoms with Crippen molar-refractivity contribution in [2.24, 2.45) is 20.7 Å². The van der Waals surface area contributed by atoms with E-state index in [1.807, 2.05) is 19.2 Å². The molecule has 8 nitrogen and oxygen atoms in total. The number of aromatic nitrogens is 3. The monoisotopic (exact) mass is 310 g/mol. The van der Waals surface area contributed by atoms with Gasteiger partial charge >= 0.3 is 0 Å². The first kappa shape index (κ1) is 15.1. The second kappa shape index (κ2) is 6.15. The molecule has 2 aromatic heterocycles. The molecule has 3 heterocycles. The van der Waals surface area contributed by atoms with E-state index < -0.39 is 6.17 Å². The third-order valence-corrected chi connectivity index (χ3v) is 3.69. The van der Waals surface area contributed by atoms with E-state index in [0.717, 1.165) is 22.4 Å². The third kappa shape index (κ3) is 3.20. The van der Waals surface area contributed by atoms with Crippen molar-refractivity contribution >= 4 is 5.82 Å². The van der Waals surface area contributed by atoms with Crippen LogP contribution in [0, 0.1) is 6.92 Å². The quantitative estimate of drug-likeness (QED) is 0.932. The maximum absolute atomic E-state index is 6.02. The average molecular weight is 310 g/mol. The first-order valence-electron chi connectivity index (χ1n) is 7.41. The summed E-state index contributed by atoms with van der Waals surface area (Å²) in [6.45, 7) is 6.08. The maximum atomic E-state index is 6.02. The molecule has 0 saturated heterocycles. The summed E-state index contributed by atoms with van der Waals surface area (Å²) in [5.41, 5.74) is 9.90. The van der Waals surface area contributed by atoms with Crippen molar-refractivity contribution in [2.45, 2.75) is 39.3 Å². The Hall–Kier alpha value is -2.77. The van der Waals surface area contributed by atoms with E-state index in [1.54, 1.807) is 6.20 Å². The Morgan fingerprint density at radius 3 is 2.48 bits per heavy atom. The number of nitrogens with two attached hydrogens (primary N) is 1. The summed E-state index contributed by atoms with van der Waals surface area (Å²) in [5.74, 6) is 1.51. The van der Waals surface area contributed by atoms with Crippen LogP contribution in [-0.2, 0) is 6.42 Å². The first-order chi connectivity index (χ1) is 11.0. The van der Waals surface area contributed by atoms with Crippen LogP contribution in [0.4, 0.5) is 5.82 Å². The summed E-state index contributed by atoms with van der Waals surface area (Å²) in [5, 5.41) is 15.0. The Kier molecular flexibility index (Phi) is 4.05. The molecule has 0 radical (unpaired) electrons. The number of nitrogen functional groups attached to an aromatic ring is 1. The van der Waals surface area contributed by atoms with Gasteiger partial charge in [0.05, 0.1) is 5.69 Å². The van der Waals surface area contributed by atoms with Crippen LogP contribution in [0.25, 0.3) is 0 Å². The molecule has 0 aliphatic carbocycles. The zero-order valence-corrected chi connectivity index (χ0v) is 13.3. The van der Waals surface area contributed by atoms with Crippen molar-refractivity contribution in [3.63, 3.8) is 0 Å². The van der Waals surface area contributed by atoms with Crippen molar-refractivity contribution in [2.75, 3.05) is 5.73 Å². The van der Waals surface area contributed by atoms with Crippen LogP contribution in [0.3, 0.4) is 0 Å². The molecule has 0 fully saturated rings. The van der Waals surface area contributed by atoms with Crippen LogP contribution in [0.5, 0.6) is 0 Å². The number of anilines is 1. The number of nitrogens with zero attached hydrogens (tertiary/aromatic N) is 7. The summed E-state index contributed by atoms with van der Waals surface area (Å²) in [4.78, 5) is 12.9. The lowest BCUT2D eigenvalue weighted by molar-refractivity contribution is 0.724. The van der Waals surface area contributed by atoms with Crippen LogP contribution < -0.4 is 5.73 Å². The van der Waals surface area contributed by atoms with Gasteiger partial charge in [-0.2, -0.15) is 0 Å². The molecule has 0 saturated carbocycles. The van der Waals surface area contributed by atoms with Gasteiger partial charge < -0.3 is 5.73 Å². The lowest BCUT2D eigenvalue weighted by atomic mass is 9.94. The highest BCUT2D eigenvalue weighted by atomic mass is 15.6. The van der Waals surface area contributed by atoms with E-state index in [1.165, 1.54) is 0 Å². The summed E-state index contributed by atoms with van der Waals surface area (Å²) in [6.07, 6.45) is 3.82. The standard InChI is InChI=1S/C15H18N8/c1-8(2)12-7-18-13(15-20-22-23-21-15)5-10(12)4-11-6-17-9(3)19-14(11)16/h5-8,15H,4H2,1-3H3,(H2,16,17,19). The Morgan fingerprint density at radius 2 is 1.83 bits per heavy atom. The van der Waals surface area contributed by atoms with Gasteiger partial charge in [0.2, 0.25) is 6.17 Å². The summed E-state index contributed by atoms with van der Waals surface area (Å²) in [7, 11) is 0. The van der Waals surface area contributed by atoms with Crippen molar-refractivity contribution in [1.82, 2.24) is 15.0 Å². The molecule has 1 aliphatic heterocycles. The molecule has 2 aromatic rings. The predicted molar refractivity (Wildman–Crippen MR) is 84.8 cm³/mol. The molecule has 23 heavy (non-hydrogen) atoms. The smallest absolute Gasteiger partial charge is 0.227 e. The number of hydrogen-bond donors (Lipinski definition) is 1. The molecule has 0 bridgehead atoms. The average Bonchev–Trinajstić information content (AvgIpc) is 3.04. The fourth-order valence-electron chi connectivity index (χ4n) is 2.48.